The number of ether oxygens (including phenoxy) is 1. The van der Waals surface area contributed by atoms with Crippen molar-refractivity contribution in [3.8, 4) is 12.3 Å². The average molecular weight is 293 g/mol. The Morgan fingerprint density at radius 1 is 1.40 bits per heavy atom. The van der Waals surface area contributed by atoms with E-state index in [4.69, 9.17) is 11.2 Å². The highest BCUT2D eigenvalue weighted by Crippen LogP contribution is 2.44. The first-order valence-electron chi connectivity index (χ1n) is 7.74. The molecule has 1 saturated carbocycles. The first kappa shape index (κ1) is 14.3. The Balaban J connectivity index is 1.64. The lowest BCUT2D eigenvalue weighted by molar-refractivity contribution is -0.125. The average Bonchev–Trinajstić information content (AvgIpc) is 2.92. The molecule has 2 aliphatic heterocycles. The van der Waals surface area contributed by atoms with Crippen molar-refractivity contribution in [2.75, 3.05) is 12.4 Å². The van der Waals surface area contributed by atoms with E-state index in [-0.39, 0.29) is 5.91 Å². The molecule has 2 saturated heterocycles. The second kappa shape index (κ2) is 6.41. The molecule has 3 nitrogen and oxygen atoms in total. The normalized spacial score (nSPS) is 40.8. The molecular formula is C16H23NO2S. The molecule has 110 valence electrons. The van der Waals surface area contributed by atoms with Crippen molar-refractivity contribution < 1.29 is 9.53 Å². The van der Waals surface area contributed by atoms with E-state index in [9.17, 15) is 4.79 Å². The molecule has 2 heterocycles. The second-order valence-electron chi connectivity index (χ2n) is 6.23. The van der Waals surface area contributed by atoms with Crippen LogP contribution in [-0.4, -0.2) is 35.7 Å². The van der Waals surface area contributed by atoms with Gasteiger partial charge in [-0.15, -0.1) is 6.42 Å². The van der Waals surface area contributed by atoms with E-state index in [0.717, 1.165) is 19.3 Å². The molecule has 3 fully saturated rings. The molecule has 4 heteroatoms. The van der Waals surface area contributed by atoms with E-state index in [1.807, 2.05) is 0 Å². The third kappa shape index (κ3) is 2.99. The van der Waals surface area contributed by atoms with E-state index < -0.39 is 0 Å². The summed E-state index contributed by atoms with van der Waals surface area (Å²) >= 11 is 2.06. The highest BCUT2D eigenvalue weighted by atomic mass is 32.2. The lowest BCUT2D eigenvalue weighted by atomic mass is 9.73. The predicted molar refractivity (Wildman–Crippen MR) is 81.4 cm³/mol. The maximum absolute atomic E-state index is 11.9. The van der Waals surface area contributed by atoms with Gasteiger partial charge in [0.1, 0.15) is 6.61 Å². The van der Waals surface area contributed by atoms with Gasteiger partial charge in [-0.1, -0.05) is 12.3 Å². The van der Waals surface area contributed by atoms with Gasteiger partial charge >= 0.3 is 0 Å². The molecule has 5 atom stereocenters. The fourth-order valence-corrected chi connectivity index (χ4v) is 5.77. The number of amides is 1. The maximum Gasteiger partial charge on any atom is 0.220 e. The Hall–Kier alpha value is -0.660. The summed E-state index contributed by atoms with van der Waals surface area (Å²) in [4.78, 5) is 11.9. The molecule has 5 unspecified atom stereocenters. The van der Waals surface area contributed by atoms with E-state index in [2.05, 4.69) is 23.0 Å². The van der Waals surface area contributed by atoms with Crippen LogP contribution >= 0.6 is 11.8 Å². The van der Waals surface area contributed by atoms with Gasteiger partial charge in [0.05, 0.1) is 6.10 Å². The summed E-state index contributed by atoms with van der Waals surface area (Å²) in [6, 6.07) is 0.415. The molecule has 0 bridgehead atoms. The third-order valence-corrected chi connectivity index (χ3v) is 6.53. The summed E-state index contributed by atoms with van der Waals surface area (Å²) in [6.07, 6.45) is 12.1. The first-order chi connectivity index (χ1) is 9.78. The molecule has 1 aliphatic carbocycles. The number of nitrogens with one attached hydrogen (secondary N) is 1. The van der Waals surface area contributed by atoms with Crippen LogP contribution in [0, 0.1) is 24.2 Å². The van der Waals surface area contributed by atoms with E-state index in [1.54, 1.807) is 0 Å². The maximum atomic E-state index is 11.9. The van der Waals surface area contributed by atoms with Gasteiger partial charge in [0.15, 0.2) is 0 Å². The van der Waals surface area contributed by atoms with E-state index in [0.29, 0.717) is 42.3 Å². The van der Waals surface area contributed by atoms with Crippen molar-refractivity contribution in [1.29, 1.82) is 0 Å². The summed E-state index contributed by atoms with van der Waals surface area (Å²) in [5.74, 6) is 5.18. The summed E-state index contributed by atoms with van der Waals surface area (Å²) in [6.45, 7) is 0.420. The number of carbonyl (C=O) groups is 1. The lowest BCUT2D eigenvalue weighted by Crippen LogP contribution is -2.51. The zero-order valence-electron chi connectivity index (χ0n) is 11.8. The number of carbonyl (C=O) groups excluding carboxylic acids is 1. The van der Waals surface area contributed by atoms with Gasteiger partial charge < -0.3 is 10.1 Å². The van der Waals surface area contributed by atoms with Crippen molar-refractivity contribution in [1.82, 2.24) is 5.32 Å². The summed E-state index contributed by atoms with van der Waals surface area (Å²) < 4.78 is 5.75. The van der Waals surface area contributed by atoms with Crippen LogP contribution in [0.5, 0.6) is 0 Å². The summed E-state index contributed by atoms with van der Waals surface area (Å²) in [5.41, 5.74) is 0. The molecule has 1 amide bonds. The molecule has 0 aromatic rings. The van der Waals surface area contributed by atoms with Crippen molar-refractivity contribution in [2.45, 2.75) is 55.9 Å². The Kier molecular flexibility index (Phi) is 4.58. The summed E-state index contributed by atoms with van der Waals surface area (Å²) in [7, 11) is 0. The molecule has 0 aromatic heterocycles. The summed E-state index contributed by atoms with van der Waals surface area (Å²) in [5, 5.41) is 3.80. The molecular weight excluding hydrogens is 270 g/mol. The minimum absolute atomic E-state index is 0.255. The fraction of sp³-hybridized carbons (Fsp3) is 0.812. The molecule has 20 heavy (non-hydrogen) atoms. The highest BCUT2D eigenvalue weighted by molar-refractivity contribution is 8.00. The smallest absolute Gasteiger partial charge is 0.220 e. The number of terminal acetylenes is 1. The molecule has 0 aromatic carbocycles. The SMILES string of the molecule is C#CCOC1CCCC(C2CC(=O)NC3CCSC32)C1. The van der Waals surface area contributed by atoms with Crippen LogP contribution in [-0.2, 0) is 9.53 Å². The van der Waals surface area contributed by atoms with Crippen LogP contribution in [0.25, 0.3) is 0 Å². The Morgan fingerprint density at radius 2 is 2.30 bits per heavy atom. The van der Waals surface area contributed by atoms with Crippen LogP contribution in [0.1, 0.15) is 38.5 Å². The largest absolute Gasteiger partial charge is 0.366 e. The van der Waals surface area contributed by atoms with Crippen molar-refractivity contribution in [3.63, 3.8) is 0 Å². The second-order valence-corrected chi connectivity index (χ2v) is 7.52. The minimum atomic E-state index is 0.255. The van der Waals surface area contributed by atoms with Gasteiger partial charge in [-0.3, -0.25) is 4.79 Å². The number of piperidine rings is 1. The first-order valence-corrected chi connectivity index (χ1v) is 8.79. The zero-order valence-corrected chi connectivity index (χ0v) is 12.7. The molecule has 0 radical (unpaired) electrons. The van der Waals surface area contributed by atoms with Gasteiger partial charge in [-0.25, -0.2) is 0 Å². The fourth-order valence-electron chi connectivity index (χ4n) is 4.11. The van der Waals surface area contributed by atoms with E-state index in [1.165, 1.54) is 18.6 Å². The topological polar surface area (TPSA) is 38.3 Å². The van der Waals surface area contributed by atoms with Crippen molar-refractivity contribution in [2.24, 2.45) is 11.8 Å². The Morgan fingerprint density at radius 3 is 3.15 bits per heavy atom. The molecule has 3 aliphatic rings. The van der Waals surface area contributed by atoms with Gasteiger partial charge in [0, 0.05) is 17.7 Å². The Bertz CT molecular complexity index is 406. The number of thioether (sulfide) groups is 1. The lowest BCUT2D eigenvalue weighted by Gasteiger charge is -2.41. The van der Waals surface area contributed by atoms with Crippen molar-refractivity contribution >= 4 is 17.7 Å². The predicted octanol–water partition coefficient (Wildman–Crippen LogP) is 2.21. The molecule has 0 spiro atoms. The molecule has 1 N–H and O–H groups in total. The van der Waals surface area contributed by atoms with Crippen LogP contribution in [0.3, 0.4) is 0 Å². The Labute approximate surface area is 125 Å². The number of hydrogen-bond acceptors (Lipinski definition) is 3. The van der Waals surface area contributed by atoms with Crippen LogP contribution in [0.2, 0.25) is 0 Å². The minimum Gasteiger partial charge on any atom is -0.366 e. The van der Waals surface area contributed by atoms with Gasteiger partial charge in [-0.05, 0) is 43.3 Å². The van der Waals surface area contributed by atoms with E-state index >= 15 is 0 Å². The quantitative estimate of drug-likeness (QED) is 0.811. The number of rotatable bonds is 3. The van der Waals surface area contributed by atoms with Gasteiger partial charge in [0.25, 0.3) is 0 Å². The van der Waals surface area contributed by atoms with Crippen molar-refractivity contribution in [3.05, 3.63) is 0 Å². The monoisotopic (exact) mass is 293 g/mol. The van der Waals surface area contributed by atoms with Crippen LogP contribution < -0.4 is 5.32 Å². The zero-order chi connectivity index (χ0) is 13.9. The highest BCUT2D eigenvalue weighted by Gasteiger charge is 2.44. The van der Waals surface area contributed by atoms with Crippen LogP contribution in [0.15, 0.2) is 0 Å². The van der Waals surface area contributed by atoms with Gasteiger partial charge in [0.2, 0.25) is 5.91 Å². The molecule has 3 rings (SSSR count). The van der Waals surface area contributed by atoms with Crippen LogP contribution in [0.4, 0.5) is 0 Å². The number of fused-ring (bicyclic) bond motifs is 1. The number of hydrogen-bond donors (Lipinski definition) is 1. The van der Waals surface area contributed by atoms with Gasteiger partial charge in [-0.2, -0.15) is 11.8 Å². The third-order valence-electron chi connectivity index (χ3n) is 5.00. The standard InChI is InChI=1S/C16H23NO2S/c1-2-7-19-12-5-3-4-11(9-12)13-10-15(18)17-14-6-8-20-16(13)14/h1,11-14,16H,3-10H2,(H,17,18).